The summed E-state index contributed by atoms with van der Waals surface area (Å²) < 4.78 is 5.82. The van der Waals surface area contributed by atoms with Crippen LogP contribution in [0.4, 0.5) is 0 Å². The molecule has 3 aromatic rings. The zero-order chi connectivity index (χ0) is 22.6. The molecule has 4 rings (SSSR count). The van der Waals surface area contributed by atoms with E-state index in [1.807, 2.05) is 44.2 Å². The number of hydrogen-bond acceptors (Lipinski definition) is 6. The van der Waals surface area contributed by atoms with Crippen LogP contribution in [0, 0.1) is 13.8 Å². The molecule has 1 aromatic carbocycles. The lowest BCUT2D eigenvalue weighted by Crippen LogP contribution is -2.61. The zero-order valence-electron chi connectivity index (χ0n) is 18.6. The average molecular weight is 435 g/mol. The maximum absolute atomic E-state index is 12.9. The quantitative estimate of drug-likeness (QED) is 0.594. The molecule has 2 N–H and O–H groups in total. The molecule has 0 radical (unpaired) electrons. The number of amides is 1. The van der Waals surface area contributed by atoms with E-state index in [1.54, 1.807) is 18.6 Å². The van der Waals surface area contributed by atoms with Gasteiger partial charge in [-0.15, -0.1) is 0 Å². The van der Waals surface area contributed by atoms with Crippen LogP contribution in [0.15, 0.2) is 59.4 Å². The van der Waals surface area contributed by atoms with Crippen LogP contribution in [0.1, 0.15) is 41.2 Å². The number of hydrogen-bond donors (Lipinski definition) is 2. The molecule has 3 heterocycles. The van der Waals surface area contributed by atoms with Gasteiger partial charge in [-0.05, 0) is 43.9 Å². The highest BCUT2D eigenvalue weighted by Crippen LogP contribution is 2.34. The molecular formula is C25H30N4O3. The zero-order valence-corrected chi connectivity index (χ0v) is 18.6. The number of furan rings is 1. The number of likely N-dealkylation sites (tertiary alicyclic amines) is 1. The molecule has 0 unspecified atom stereocenters. The summed E-state index contributed by atoms with van der Waals surface area (Å²) in [5.41, 5.74) is 2.00. The lowest BCUT2D eigenvalue weighted by atomic mass is 9.78. The van der Waals surface area contributed by atoms with Gasteiger partial charge in [0.1, 0.15) is 11.5 Å². The van der Waals surface area contributed by atoms with Gasteiger partial charge in [0.05, 0.1) is 23.9 Å². The number of carbonyl (C=O) groups is 1. The minimum atomic E-state index is -0.827. The standard InChI is InChI=1S/C25H30N4O3/c1-18-14-22(32-19(18)2)16-29-13-10-25(23(30)17-29,20-6-4-3-5-7-20)28-24(31)9-8-21-15-26-11-12-27-21/h3-7,11-12,14-15,23,30H,8-10,13,16-17H2,1-2H3,(H,28,31)/t23-,25-/m1/s1. The predicted molar refractivity (Wildman–Crippen MR) is 121 cm³/mol. The van der Waals surface area contributed by atoms with Crippen LogP contribution >= 0.6 is 0 Å². The smallest absolute Gasteiger partial charge is 0.221 e. The third kappa shape index (κ3) is 4.89. The number of aromatic nitrogens is 2. The molecule has 0 spiro atoms. The van der Waals surface area contributed by atoms with Crippen molar-refractivity contribution in [1.82, 2.24) is 20.2 Å². The van der Waals surface area contributed by atoms with Crippen molar-refractivity contribution in [3.8, 4) is 0 Å². The Hall–Kier alpha value is -3.03. The molecule has 0 bridgehead atoms. The number of aliphatic hydroxyl groups excluding tert-OH is 1. The second-order valence-electron chi connectivity index (χ2n) is 8.54. The van der Waals surface area contributed by atoms with E-state index in [4.69, 9.17) is 4.42 Å². The van der Waals surface area contributed by atoms with Gasteiger partial charge in [-0.25, -0.2) is 0 Å². The van der Waals surface area contributed by atoms with Crippen molar-refractivity contribution in [2.75, 3.05) is 13.1 Å². The highest BCUT2D eigenvalue weighted by molar-refractivity contribution is 5.77. The van der Waals surface area contributed by atoms with E-state index in [0.717, 1.165) is 34.9 Å². The summed E-state index contributed by atoms with van der Waals surface area (Å²) in [6.07, 6.45) is 5.55. The van der Waals surface area contributed by atoms with E-state index in [1.165, 1.54) is 0 Å². The Morgan fingerprint density at radius 1 is 1.28 bits per heavy atom. The monoisotopic (exact) mass is 434 g/mol. The molecule has 32 heavy (non-hydrogen) atoms. The Morgan fingerprint density at radius 3 is 2.75 bits per heavy atom. The first-order chi connectivity index (χ1) is 15.5. The van der Waals surface area contributed by atoms with Crippen molar-refractivity contribution < 1.29 is 14.3 Å². The van der Waals surface area contributed by atoms with E-state index >= 15 is 0 Å². The molecule has 1 fully saturated rings. The van der Waals surface area contributed by atoms with E-state index in [9.17, 15) is 9.90 Å². The van der Waals surface area contributed by atoms with Gasteiger partial charge in [0.25, 0.3) is 0 Å². The van der Waals surface area contributed by atoms with Crippen LogP contribution in [-0.2, 0) is 23.3 Å². The lowest BCUT2D eigenvalue weighted by Gasteiger charge is -2.46. The van der Waals surface area contributed by atoms with Gasteiger partial charge in [-0.3, -0.25) is 19.7 Å². The van der Waals surface area contributed by atoms with Gasteiger partial charge >= 0.3 is 0 Å². The summed E-state index contributed by atoms with van der Waals surface area (Å²) in [6, 6.07) is 11.8. The Morgan fingerprint density at radius 2 is 2.09 bits per heavy atom. The summed E-state index contributed by atoms with van der Waals surface area (Å²) in [4.78, 5) is 23.4. The molecule has 1 amide bonds. The first-order valence-electron chi connectivity index (χ1n) is 11.0. The van der Waals surface area contributed by atoms with Gasteiger partial charge in [0.15, 0.2) is 0 Å². The Bertz CT molecular complexity index is 1020. The highest BCUT2D eigenvalue weighted by atomic mass is 16.3. The van der Waals surface area contributed by atoms with E-state index < -0.39 is 11.6 Å². The number of nitrogens with one attached hydrogen (secondary N) is 1. The predicted octanol–water partition coefficient (Wildman–Crippen LogP) is 2.90. The summed E-state index contributed by atoms with van der Waals surface area (Å²) in [5.74, 6) is 1.71. The van der Waals surface area contributed by atoms with Crippen LogP contribution in [0.3, 0.4) is 0 Å². The van der Waals surface area contributed by atoms with Gasteiger partial charge in [-0.2, -0.15) is 0 Å². The number of benzene rings is 1. The lowest BCUT2D eigenvalue weighted by molar-refractivity contribution is -0.127. The van der Waals surface area contributed by atoms with Gasteiger partial charge in [-0.1, -0.05) is 30.3 Å². The minimum absolute atomic E-state index is 0.107. The number of aryl methyl sites for hydroxylation is 3. The SMILES string of the molecule is Cc1cc(CN2CC[C@@](NC(=O)CCc3cnccn3)(c3ccccc3)[C@H](O)C2)oc1C. The van der Waals surface area contributed by atoms with Crippen LogP contribution in [0.5, 0.6) is 0 Å². The molecule has 1 saturated heterocycles. The summed E-state index contributed by atoms with van der Waals surface area (Å²) in [6.45, 7) is 5.80. The molecule has 0 aliphatic carbocycles. The van der Waals surface area contributed by atoms with E-state index in [2.05, 4.69) is 26.3 Å². The molecule has 0 saturated carbocycles. The molecular weight excluding hydrogens is 404 g/mol. The first kappa shape index (κ1) is 22.2. The average Bonchev–Trinajstić information content (AvgIpc) is 3.12. The van der Waals surface area contributed by atoms with Crippen molar-refractivity contribution >= 4 is 5.91 Å². The topological polar surface area (TPSA) is 91.5 Å². The molecule has 1 aliphatic heterocycles. The summed E-state index contributed by atoms with van der Waals surface area (Å²) in [7, 11) is 0. The Balaban J connectivity index is 1.47. The van der Waals surface area contributed by atoms with E-state index in [0.29, 0.717) is 25.9 Å². The Labute approximate surface area is 188 Å². The number of piperidine rings is 1. The number of β-amino-alcohol motifs (C(OH)–C–C–N with tert-alkyl or cyclic N) is 1. The molecule has 2 aromatic heterocycles. The van der Waals surface area contributed by atoms with Gasteiger partial charge in [0, 0.05) is 38.1 Å². The van der Waals surface area contributed by atoms with Crippen LogP contribution < -0.4 is 5.32 Å². The van der Waals surface area contributed by atoms with Crippen molar-refractivity contribution in [3.63, 3.8) is 0 Å². The molecule has 168 valence electrons. The fraction of sp³-hybridized carbons (Fsp3) is 0.400. The Kier molecular flexibility index (Phi) is 6.67. The maximum atomic E-state index is 12.9. The van der Waals surface area contributed by atoms with Crippen LogP contribution in [-0.4, -0.2) is 45.1 Å². The molecule has 2 atom stereocenters. The van der Waals surface area contributed by atoms with Crippen molar-refractivity contribution in [1.29, 1.82) is 0 Å². The van der Waals surface area contributed by atoms with Gasteiger partial charge in [0.2, 0.25) is 5.91 Å². The molecule has 7 heteroatoms. The first-order valence-corrected chi connectivity index (χ1v) is 11.0. The summed E-state index contributed by atoms with van der Waals surface area (Å²) in [5, 5.41) is 14.5. The number of nitrogens with zero attached hydrogens (tertiary/aromatic N) is 3. The van der Waals surface area contributed by atoms with Crippen LogP contribution in [0.2, 0.25) is 0 Å². The third-order valence-electron chi connectivity index (χ3n) is 6.30. The van der Waals surface area contributed by atoms with Crippen molar-refractivity contribution in [2.24, 2.45) is 0 Å². The normalized spacial score (nSPS) is 21.4. The molecule has 1 aliphatic rings. The number of carbonyl (C=O) groups excluding carboxylic acids is 1. The fourth-order valence-electron chi connectivity index (χ4n) is 4.39. The maximum Gasteiger partial charge on any atom is 0.221 e. The number of aliphatic hydroxyl groups is 1. The van der Waals surface area contributed by atoms with Crippen LogP contribution in [0.25, 0.3) is 0 Å². The van der Waals surface area contributed by atoms with Crippen molar-refractivity contribution in [3.05, 3.63) is 83.3 Å². The molecule has 7 nitrogen and oxygen atoms in total. The fourth-order valence-corrected chi connectivity index (χ4v) is 4.39. The second kappa shape index (κ2) is 9.63. The van der Waals surface area contributed by atoms with Gasteiger partial charge < -0.3 is 14.8 Å². The minimum Gasteiger partial charge on any atom is -0.465 e. The van der Waals surface area contributed by atoms with Crippen molar-refractivity contribution in [2.45, 2.75) is 51.3 Å². The third-order valence-corrected chi connectivity index (χ3v) is 6.30. The largest absolute Gasteiger partial charge is 0.465 e. The second-order valence-corrected chi connectivity index (χ2v) is 8.54. The van der Waals surface area contributed by atoms with E-state index in [-0.39, 0.29) is 12.3 Å². The highest BCUT2D eigenvalue weighted by Gasteiger charge is 2.44. The summed E-state index contributed by atoms with van der Waals surface area (Å²) >= 11 is 0. The number of rotatable bonds is 7.